The summed E-state index contributed by atoms with van der Waals surface area (Å²) in [6.45, 7) is 6.08. The highest BCUT2D eigenvalue weighted by Crippen LogP contribution is 2.30. The van der Waals surface area contributed by atoms with Gasteiger partial charge in [0.25, 0.3) is 11.8 Å². The maximum atomic E-state index is 13.3. The summed E-state index contributed by atoms with van der Waals surface area (Å²) in [6.07, 6.45) is 2.59. The topological polar surface area (TPSA) is 54.3 Å². The summed E-state index contributed by atoms with van der Waals surface area (Å²) in [5, 5.41) is 2.98. The second-order valence-electron chi connectivity index (χ2n) is 7.59. The van der Waals surface area contributed by atoms with E-state index in [0.29, 0.717) is 10.7 Å². The predicted molar refractivity (Wildman–Crippen MR) is 132 cm³/mol. The number of nitrogens with zero attached hydrogens (tertiary/aromatic N) is 2. The second kappa shape index (κ2) is 8.73. The van der Waals surface area contributed by atoms with Gasteiger partial charge < -0.3 is 4.57 Å². The summed E-state index contributed by atoms with van der Waals surface area (Å²) in [4.78, 5) is 27.2. The molecular formula is C25H22ClN3O2S. The van der Waals surface area contributed by atoms with E-state index in [1.807, 2.05) is 19.9 Å². The molecule has 1 aliphatic heterocycles. The summed E-state index contributed by atoms with van der Waals surface area (Å²) in [5.74, 6) is -1.04. The van der Waals surface area contributed by atoms with Crippen LogP contribution in [0.5, 0.6) is 0 Å². The zero-order chi connectivity index (χ0) is 23.0. The molecule has 1 aromatic heterocycles. The maximum Gasteiger partial charge on any atom is 0.270 e. The lowest BCUT2D eigenvalue weighted by Gasteiger charge is -2.29. The first-order valence-corrected chi connectivity index (χ1v) is 11.0. The minimum atomic E-state index is -0.527. The molecule has 4 rings (SSSR count). The number of carbonyl (C=O) groups is 2. The Morgan fingerprint density at radius 2 is 1.75 bits per heavy atom. The quantitative estimate of drug-likeness (QED) is 0.331. The Balaban J connectivity index is 1.76. The minimum Gasteiger partial charge on any atom is -0.318 e. The zero-order valence-corrected chi connectivity index (χ0v) is 19.6. The molecule has 1 aliphatic rings. The van der Waals surface area contributed by atoms with Gasteiger partial charge in [0.05, 0.1) is 10.7 Å². The Kier molecular flexibility index (Phi) is 6.00. The van der Waals surface area contributed by atoms with E-state index in [9.17, 15) is 9.59 Å². The minimum absolute atomic E-state index is 0.0000932. The van der Waals surface area contributed by atoms with Gasteiger partial charge in [-0.25, -0.2) is 0 Å². The number of aromatic nitrogens is 1. The lowest BCUT2D eigenvalue weighted by atomic mass is 10.1. The normalized spacial score (nSPS) is 15.4. The molecule has 0 unspecified atom stereocenters. The van der Waals surface area contributed by atoms with Crippen LogP contribution < -0.4 is 10.2 Å². The summed E-state index contributed by atoms with van der Waals surface area (Å²) >= 11 is 11.5. The Morgan fingerprint density at radius 3 is 2.41 bits per heavy atom. The fourth-order valence-corrected chi connectivity index (χ4v) is 4.37. The van der Waals surface area contributed by atoms with E-state index < -0.39 is 11.8 Å². The highest BCUT2D eigenvalue weighted by atomic mass is 35.5. The molecular weight excluding hydrogens is 442 g/mol. The Labute approximate surface area is 197 Å². The van der Waals surface area contributed by atoms with Crippen LogP contribution in [0, 0.1) is 13.8 Å². The van der Waals surface area contributed by atoms with E-state index in [4.69, 9.17) is 23.8 Å². The third-order valence-electron chi connectivity index (χ3n) is 5.57. The number of hydrogen-bond acceptors (Lipinski definition) is 3. The molecule has 0 atom stereocenters. The van der Waals surface area contributed by atoms with Crippen LogP contribution in [-0.2, 0) is 16.0 Å². The van der Waals surface area contributed by atoms with Gasteiger partial charge in [-0.2, -0.15) is 0 Å². The highest BCUT2D eigenvalue weighted by molar-refractivity contribution is 7.80. The molecule has 0 radical (unpaired) electrons. The van der Waals surface area contributed by atoms with Crippen LogP contribution in [0.4, 0.5) is 5.69 Å². The number of carbonyl (C=O) groups excluding carboxylic acids is 2. The number of nitrogens with one attached hydrogen (secondary N) is 1. The molecule has 2 aromatic carbocycles. The van der Waals surface area contributed by atoms with E-state index in [1.54, 1.807) is 30.3 Å². The molecule has 0 spiro atoms. The van der Waals surface area contributed by atoms with Crippen molar-refractivity contribution in [2.45, 2.75) is 27.2 Å². The van der Waals surface area contributed by atoms with Crippen LogP contribution in [0.1, 0.15) is 29.4 Å². The molecule has 3 aromatic rings. The summed E-state index contributed by atoms with van der Waals surface area (Å²) in [5.41, 5.74) is 5.43. The van der Waals surface area contributed by atoms with Crippen molar-refractivity contribution in [2.75, 3.05) is 4.90 Å². The standard InChI is InChI=1S/C25H22ClN3O2S/c1-4-17-9-11-19(12-10-17)28-15(2)13-18(16(28)3)14-20-23(30)27-25(32)29(24(20)31)22-8-6-5-7-21(22)26/h5-14H,4H2,1-3H3,(H,27,30,32)/b20-14+. The number of thiocarbonyl (C=S) groups is 1. The molecule has 1 fully saturated rings. The van der Waals surface area contributed by atoms with Crippen LogP contribution in [0.2, 0.25) is 5.02 Å². The monoisotopic (exact) mass is 463 g/mol. The molecule has 2 heterocycles. The molecule has 0 saturated carbocycles. The molecule has 0 bridgehead atoms. The fraction of sp³-hybridized carbons (Fsp3) is 0.160. The molecule has 162 valence electrons. The number of hydrogen-bond donors (Lipinski definition) is 1. The largest absolute Gasteiger partial charge is 0.318 e. The molecule has 2 amide bonds. The van der Waals surface area contributed by atoms with Gasteiger partial charge in [0.1, 0.15) is 5.57 Å². The maximum absolute atomic E-state index is 13.3. The van der Waals surface area contributed by atoms with Crippen LogP contribution in [-0.4, -0.2) is 21.5 Å². The van der Waals surface area contributed by atoms with Crippen molar-refractivity contribution in [3.63, 3.8) is 0 Å². The number of halogens is 1. The van der Waals surface area contributed by atoms with Gasteiger partial charge in [-0.05, 0) is 80.0 Å². The van der Waals surface area contributed by atoms with Gasteiger partial charge in [-0.15, -0.1) is 0 Å². The van der Waals surface area contributed by atoms with E-state index in [1.165, 1.54) is 10.5 Å². The second-order valence-corrected chi connectivity index (χ2v) is 8.39. The Morgan fingerprint density at radius 1 is 1.06 bits per heavy atom. The van der Waals surface area contributed by atoms with Gasteiger partial charge in [0.2, 0.25) is 0 Å². The molecule has 7 heteroatoms. The molecule has 0 aliphatic carbocycles. The van der Waals surface area contributed by atoms with E-state index in [-0.39, 0.29) is 10.7 Å². The number of benzene rings is 2. The van der Waals surface area contributed by atoms with Crippen molar-refractivity contribution >= 4 is 52.5 Å². The zero-order valence-electron chi connectivity index (χ0n) is 18.0. The van der Waals surface area contributed by atoms with Crippen molar-refractivity contribution in [3.8, 4) is 5.69 Å². The smallest absolute Gasteiger partial charge is 0.270 e. The number of rotatable bonds is 4. The lowest BCUT2D eigenvalue weighted by Crippen LogP contribution is -2.54. The van der Waals surface area contributed by atoms with Gasteiger partial charge in [-0.1, -0.05) is 42.8 Å². The molecule has 1 N–H and O–H groups in total. The third kappa shape index (κ3) is 3.87. The van der Waals surface area contributed by atoms with Crippen LogP contribution in [0.15, 0.2) is 60.2 Å². The Bertz CT molecular complexity index is 1270. The first-order chi connectivity index (χ1) is 15.3. The summed E-state index contributed by atoms with van der Waals surface area (Å²) in [7, 11) is 0. The van der Waals surface area contributed by atoms with Gasteiger partial charge in [0.15, 0.2) is 5.11 Å². The number of anilines is 1. The lowest BCUT2D eigenvalue weighted by molar-refractivity contribution is -0.122. The average Bonchev–Trinajstić information content (AvgIpc) is 3.05. The SMILES string of the molecule is CCc1ccc(-n2c(C)cc(/C=C3\C(=O)NC(=S)N(c4ccccc4Cl)C3=O)c2C)cc1. The average molecular weight is 464 g/mol. The fourth-order valence-electron chi connectivity index (χ4n) is 3.88. The van der Waals surface area contributed by atoms with E-state index >= 15 is 0 Å². The van der Waals surface area contributed by atoms with Gasteiger partial charge in [0, 0.05) is 17.1 Å². The first kappa shape index (κ1) is 22.0. The highest BCUT2D eigenvalue weighted by Gasteiger charge is 2.35. The number of amides is 2. The van der Waals surface area contributed by atoms with E-state index in [0.717, 1.165) is 29.1 Å². The van der Waals surface area contributed by atoms with Gasteiger partial charge in [-0.3, -0.25) is 19.8 Å². The van der Waals surface area contributed by atoms with Crippen molar-refractivity contribution < 1.29 is 9.59 Å². The van der Waals surface area contributed by atoms with Crippen molar-refractivity contribution in [1.29, 1.82) is 0 Å². The van der Waals surface area contributed by atoms with Gasteiger partial charge >= 0.3 is 0 Å². The third-order valence-corrected chi connectivity index (χ3v) is 6.17. The van der Waals surface area contributed by atoms with E-state index in [2.05, 4.69) is 41.1 Å². The van der Waals surface area contributed by atoms with Crippen LogP contribution in [0.25, 0.3) is 11.8 Å². The van der Waals surface area contributed by atoms with Crippen LogP contribution >= 0.6 is 23.8 Å². The predicted octanol–water partition coefficient (Wildman–Crippen LogP) is 5.14. The molecule has 1 saturated heterocycles. The number of para-hydroxylation sites is 1. The summed E-state index contributed by atoms with van der Waals surface area (Å²) < 4.78 is 2.10. The van der Waals surface area contributed by atoms with Crippen molar-refractivity contribution in [1.82, 2.24) is 9.88 Å². The molecule has 5 nitrogen and oxygen atoms in total. The van der Waals surface area contributed by atoms with Crippen LogP contribution in [0.3, 0.4) is 0 Å². The first-order valence-electron chi connectivity index (χ1n) is 10.3. The Hall–Kier alpha value is -3.22. The van der Waals surface area contributed by atoms with Crippen molar-refractivity contribution in [3.05, 3.63) is 87.7 Å². The summed E-state index contributed by atoms with van der Waals surface area (Å²) in [6, 6.07) is 17.2. The molecule has 32 heavy (non-hydrogen) atoms. The van der Waals surface area contributed by atoms with Crippen molar-refractivity contribution in [2.24, 2.45) is 0 Å². The number of aryl methyl sites for hydroxylation is 2.